The van der Waals surface area contributed by atoms with Crippen molar-refractivity contribution < 1.29 is 13.2 Å². The van der Waals surface area contributed by atoms with Crippen LogP contribution in [-0.2, 0) is 9.84 Å². The van der Waals surface area contributed by atoms with Gasteiger partial charge in [-0.1, -0.05) is 11.6 Å². The van der Waals surface area contributed by atoms with Gasteiger partial charge in [-0.2, -0.15) is 0 Å². The van der Waals surface area contributed by atoms with Crippen LogP contribution in [0, 0.1) is 0 Å². The van der Waals surface area contributed by atoms with Gasteiger partial charge in [0.25, 0.3) is 0 Å². The van der Waals surface area contributed by atoms with Crippen LogP contribution in [0.25, 0.3) is 0 Å². The fraction of sp³-hybridized carbons (Fsp3) is 0.125. The molecule has 0 aromatic heterocycles. The van der Waals surface area contributed by atoms with Gasteiger partial charge in [0.2, 0.25) is 0 Å². The molecule has 0 aliphatic carbocycles. The van der Waals surface area contributed by atoms with Crippen LogP contribution in [0.4, 0.5) is 0 Å². The Balaban J connectivity index is 3.47. The van der Waals surface area contributed by atoms with E-state index in [0.717, 1.165) is 6.26 Å². The monoisotopic (exact) mass is 218 g/mol. The molecule has 70 valence electrons. The minimum Gasteiger partial charge on any atom is -0.298 e. The summed E-state index contributed by atoms with van der Waals surface area (Å²) in [5.41, 5.74) is 0.0926. The van der Waals surface area contributed by atoms with E-state index in [-0.39, 0.29) is 10.5 Å². The maximum absolute atomic E-state index is 11.1. The van der Waals surface area contributed by atoms with Crippen LogP contribution in [0.2, 0.25) is 5.02 Å². The molecule has 0 N–H and O–H groups in total. The fourth-order valence-electron chi connectivity index (χ4n) is 0.949. The van der Waals surface area contributed by atoms with Gasteiger partial charge in [-0.25, -0.2) is 8.42 Å². The predicted octanol–water partition coefficient (Wildman–Crippen LogP) is 1.56. The highest BCUT2D eigenvalue weighted by Gasteiger charge is 2.12. The molecule has 0 aliphatic heterocycles. The molecule has 0 amide bonds. The van der Waals surface area contributed by atoms with E-state index in [2.05, 4.69) is 0 Å². The zero-order chi connectivity index (χ0) is 10.1. The van der Waals surface area contributed by atoms with Gasteiger partial charge in [-0.15, -0.1) is 0 Å². The third kappa shape index (κ3) is 2.29. The molecule has 1 aromatic carbocycles. The zero-order valence-electron chi connectivity index (χ0n) is 6.82. The van der Waals surface area contributed by atoms with E-state index in [1.807, 2.05) is 0 Å². The lowest BCUT2D eigenvalue weighted by molar-refractivity contribution is 0.112. The molecule has 1 rings (SSSR count). The van der Waals surface area contributed by atoms with Crippen LogP contribution in [0.15, 0.2) is 23.1 Å². The quantitative estimate of drug-likeness (QED) is 0.708. The summed E-state index contributed by atoms with van der Waals surface area (Å²) in [5.74, 6) is 0. The van der Waals surface area contributed by atoms with Crippen molar-refractivity contribution in [1.29, 1.82) is 0 Å². The predicted molar refractivity (Wildman–Crippen MR) is 49.9 cm³/mol. The number of rotatable bonds is 2. The van der Waals surface area contributed by atoms with Gasteiger partial charge in [0.15, 0.2) is 16.1 Å². The maximum Gasteiger partial charge on any atom is 0.176 e. The molecule has 0 radical (unpaired) electrons. The van der Waals surface area contributed by atoms with Crippen LogP contribution < -0.4 is 0 Å². The van der Waals surface area contributed by atoms with Crippen molar-refractivity contribution in [3.05, 3.63) is 28.8 Å². The highest BCUT2D eigenvalue weighted by molar-refractivity contribution is 7.90. The molecule has 0 aliphatic rings. The number of sulfone groups is 1. The van der Waals surface area contributed by atoms with Crippen molar-refractivity contribution in [2.45, 2.75) is 4.90 Å². The molecule has 0 heterocycles. The molecule has 5 heteroatoms. The molecule has 3 nitrogen and oxygen atoms in total. The Labute approximate surface area is 81.3 Å². The molecule has 1 aromatic rings. The van der Waals surface area contributed by atoms with Gasteiger partial charge in [0, 0.05) is 16.8 Å². The van der Waals surface area contributed by atoms with Crippen LogP contribution in [0.3, 0.4) is 0 Å². The average molecular weight is 219 g/mol. The average Bonchev–Trinajstić information content (AvgIpc) is 2.01. The molecule has 0 spiro atoms. The maximum atomic E-state index is 11.1. The van der Waals surface area contributed by atoms with Crippen LogP contribution in [0.5, 0.6) is 0 Å². The van der Waals surface area contributed by atoms with Crippen molar-refractivity contribution in [2.24, 2.45) is 0 Å². The number of hydrogen-bond acceptors (Lipinski definition) is 3. The van der Waals surface area contributed by atoms with Crippen molar-refractivity contribution in [2.75, 3.05) is 6.26 Å². The minimum absolute atomic E-state index is 0.00639. The van der Waals surface area contributed by atoms with E-state index in [1.54, 1.807) is 0 Å². The number of aldehydes is 1. The summed E-state index contributed by atoms with van der Waals surface area (Å²) in [5, 5.41) is 0.342. The Morgan fingerprint density at radius 3 is 2.46 bits per heavy atom. The van der Waals surface area contributed by atoms with Crippen LogP contribution >= 0.6 is 11.6 Å². The van der Waals surface area contributed by atoms with Crippen molar-refractivity contribution in [3.63, 3.8) is 0 Å². The molecule has 0 saturated heterocycles. The lowest BCUT2D eigenvalue weighted by Gasteiger charge is -2.01. The van der Waals surface area contributed by atoms with Crippen molar-refractivity contribution >= 4 is 27.7 Å². The third-order valence-corrected chi connectivity index (χ3v) is 2.90. The minimum atomic E-state index is -3.35. The molecular weight excluding hydrogens is 212 g/mol. The number of benzene rings is 1. The number of halogens is 1. The molecule has 0 saturated carbocycles. The van der Waals surface area contributed by atoms with Gasteiger partial charge < -0.3 is 0 Å². The van der Waals surface area contributed by atoms with Gasteiger partial charge >= 0.3 is 0 Å². The summed E-state index contributed by atoms with van der Waals surface area (Å²) in [6.45, 7) is 0. The summed E-state index contributed by atoms with van der Waals surface area (Å²) < 4.78 is 22.2. The first kappa shape index (κ1) is 10.2. The Morgan fingerprint density at radius 1 is 1.38 bits per heavy atom. The molecule has 0 unspecified atom stereocenters. The van der Waals surface area contributed by atoms with Crippen molar-refractivity contribution in [3.8, 4) is 0 Å². The van der Waals surface area contributed by atoms with E-state index >= 15 is 0 Å². The summed E-state index contributed by atoms with van der Waals surface area (Å²) in [6, 6.07) is 4.08. The Morgan fingerprint density at radius 2 is 2.00 bits per heavy atom. The second-order valence-corrected chi connectivity index (χ2v) is 4.99. The molecular formula is C8H7ClO3S. The Kier molecular flexibility index (Phi) is 2.73. The van der Waals surface area contributed by atoms with E-state index < -0.39 is 9.84 Å². The number of carbonyl (C=O) groups excluding carboxylic acids is 1. The van der Waals surface area contributed by atoms with E-state index in [4.69, 9.17) is 11.6 Å². The first-order chi connectivity index (χ1) is 5.95. The lowest BCUT2D eigenvalue weighted by Crippen LogP contribution is -2.01. The molecule has 13 heavy (non-hydrogen) atoms. The highest BCUT2D eigenvalue weighted by Crippen LogP contribution is 2.18. The highest BCUT2D eigenvalue weighted by atomic mass is 35.5. The molecule has 0 fully saturated rings. The van der Waals surface area contributed by atoms with E-state index in [0.29, 0.717) is 11.3 Å². The smallest absolute Gasteiger partial charge is 0.176 e. The van der Waals surface area contributed by atoms with Crippen LogP contribution in [0.1, 0.15) is 10.4 Å². The fourth-order valence-corrected chi connectivity index (χ4v) is 1.98. The second kappa shape index (κ2) is 3.47. The molecule has 0 atom stereocenters. The Hall–Kier alpha value is -0.870. The van der Waals surface area contributed by atoms with Crippen molar-refractivity contribution in [1.82, 2.24) is 0 Å². The van der Waals surface area contributed by atoms with Gasteiger partial charge in [-0.3, -0.25) is 4.79 Å². The van der Waals surface area contributed by atoms with Crippen LogP contribution in [-0.4, -0.2) is 21.0 Å². The van der Waals surface area contributed by atoms with E-state index in [1.165, 1.54) is 18.2 Å². The third-order valence-electron chi connectivity index (χ3n) is 1.50. The largest absolute Gasteiger partial charge is 0.298 e. The summed E-state index contributed by atoms with van der Waals surface area (Å²) in [7, 11) is -3.35. The van der Waals surface area contributed by atoms with Gasteiger partial charge in [0.05, 0.1) is 4.90 Å². The second-order valence-electron chi connectivity index (χ2n) is 2.57. The standard InChI is InChI=1S/C8H7ClO3S/c1-13(11,12)8-3-2-7(9)4-6(8)5-10/h2-5H,1H3. The Bertz CT molecular complexity index is 437. The summed E-state index contributed by atoms with van der Waals surface area (Å²) in [4.78, 5) is 10.5. The van der Waals surface area contributed by atoms with E-state index in [9.17, 15) is 13.2 Å². The zero-order valence-corrected chi connectivity index (χ0v) is 8.39. The lowest BCUT2D eigenvalue weighted by atomic mass is 10.2. The first-order valence-electron chi connectivity index (χ1n) is 3.40. The normalized spacial score (nSPS) is 11.2. The molecule has 0 bridgehead atoms. The SMILES string of the molecule is CS(=O)(=O)c1ccc(Cl)cc1C=O. The number of carbonyl (C=O) groups is 1. The first-order valence-corrected chi connectivity index (χ1v) is 5.67. The summed E-state index contributed by atoms with van der Waals surface area (Å²) >= 11 is 5.59. The summed E-state index contributed by atoms with van der Waals surface area (Å²) in [6.07, 6.45) is 1.52. The number of hydrogen-bond donors (Lipinski definition) is 0. The topological polar surface area (TPSA) is 51.2 Å². The van der Waals surface area contributed by atoms with Gasteiger partial charge in [0.1, 0.15) is 0 Å². The van der Waals surface area contributed by atoms with Gasteiger partial charge in [-0.05, 0) is 18.2 Å².